The molecule has 2 nitrogen and oxygen atoms in total. The number of hydrogen-bond donors (Lipinski definition) is 1. The van der Waals surface area contributed by atoms with Crippen molar-refractivity contribution < 1.29 is 4.74 Å². The van der Waals surface area contributed by atoms with Crippen LogP contribution >= 0.6 is 0 Å². The summed E-state index contributed by atoms with van der Waals surface area (Å²) in [5, 5.41) is 0. The lowest BCUT2D eigenvalue weighted by molar-refractivity contribution is 0.414. The zero-order valence-electron chi connectivity index (χ0n) is 13.1. The molecule has 1 aliphatic carbocycles. The molecule has 3 rings (SSSR count). The molecule has 0 heterocycles. The molecule has 0 bridgehead atoms. The lowest BCUT2D eigenvalue weighted by Gasteiger charge is -2.32. The number of hydrogen-bond acceptors (Lipinski definition) is 2. The van der Waals surface area contributed by atoms with Crippen LogP contribution in [0.3, 0.4) is 0 Å². The van der Waals surface area contributed by atoms with Gasteiger partial charge < -0.3 is 10.5 Å². The first-order chi connectivity index (χ1) is 10.7. The van der Waals surface area contributed by atoms with Gasteiger partial charge in [0.1, 0.15) is 5.75 Å². The Morgan fingerprint density at radius 1 is 1.05 bits per heavy atom. The predicted molar refractivity (Wildman–Crippen MR) is 91.9 cm³/mol. The maximum Gasteiger partial charge on any atom is 0.118 e. The van der Waals surface area contributed by atoms with Crippen LogP contribution < -0.4 is 10.5 Å². The fourth-order valence-corrected chi connectivity index (χ4v) is 3.24. The van der Waals surface area contributed by atoms with E-state index < -0.39 is 0 Å². The van der Waals surface area contributed by atoms with Crippen LogP contribution in [0.1, 0.15) is 30.4 Å². The highest BCUT2D eigenvalue weighted by Crippen LogP contribution is 2.33. The number of rotatable bonds is 4. The van der Waals surface area contributed by atoms with E-state index in [0.29, 0.717) is 0 Å². The normalized spacial score (nSPS) is 21.3. The molecule has 2 heteroatoms. The third-order valence-corrected chi connectivity index (χ3v) is 4.39. The third kappa shape index (κ3) is 3.40. The van der Waals surface area contributed by atoms with E-state index in [4.69, 9.17) is 10.5 Å². The summed E-state index contributed by atoms with van der Waals surface area (Å²) >= 11 is 0. The van der Waals surface area contributed by atoms with Gasteiger partial charge in [0.05, 0.1) is 7.11 Å². The van der Waals surface area contributed by atoms with E-state index in [1.807, 2.05) is 12.1 Å². The minimum absolute atomic E-state index is 0.252. The molecule has 1 aliphatic rings. The lowest BCUT2D eigenvalue weighted by atomic mass is 9.78. The molecular weight excluding hydrogens is 270 g/mol. The quantitative estimate of drug-likeness (QED) is 0.916. The topological polar surface area (TPSA) is 35.2 Å². The van der Waals surface area contributed by atoms with E-state index in [1.54, 1.807) is 7.11 Å². The summed E-state index contributed by atoms with van der Waals surface area (Å²) in [6.45, 7) is 0. The van der Waals surface area contributed by atoms with Gasteiger partial charge in [0.25, 0.3) is 0 Å². The number of benzene rings is 2. The molecule has 2 aromatic rings. The summed E-state index contributed by atoms with van der Waals surface area (Å²) in [5.74, 6) is 0.888. The monoisotopic (exact) mass is 293 g/mol. The Hall–Kier alpha value is -2.06. The van der Waals surface area contributed by atoms with Gasteiger partial charge in [0, 0.05) is 5.54 Å². The van der Waals surface area contributed by atoms with Crippen LogP contribution in [-0.4, -0.2) is 12.6 Å². The highest BCUT2D eigenvalue weighted by molar-refractivity contribution is 5.67. The van der Waals surface area contributed by atoms with E-state index in [1.165, 1.54) is 16.7 Å². The summed E-state index contributed by atoms with van der Waals surface area (Å²) in [5.41, 5.74) is 10.4. The zero-order valence-corrected chi connectivity index (χ0v) is 13.1. The van der Waals surface area contributed by atoms with Gasteiger partial charge in [-0.15, -0.1) is 0 Å². The average Bonchev–Trinajstić information content (AvgIpc) is 2.56. The van der Waals surface area contributed by atoms with Crippen molar-refractivity contribution in [1.82, 2.24) is 0 Å². The van der Waals surface area contributed by atoms with Gasteiger partial charge >= 0.3 is 0 Å². The van der Waals surface area contributed by atoms with Gasteiger partial charge in [0.2, 0.25) is 0 Å². The fourth-order valence-electron chi connectivity index (χ4n) is 3.24. The van der Waals surface area contributed by atoms with Crippen LogP contribution in [0, 0.1) is 0 Å². The molecule has 0 saturated carbocycles. The SMILES string of the molecule is COc1ccc(CC2(N)C=C(c3ccccc3)CCC2)cc1. The maximum absolute atomic E-state index is 6.68. The first-order valence-corrected chi connectivity index (χ1v) is 7.87. The minimum Gasteiger partial charge on any atom is -0.497 e. The van der Waals surface area contributed by atoms with E-state index in [-0.39, 0.29) is 5.54 Å². The van der Waals surface area contributed by atoms with Gasteiger partial charge in [-0.1, -0.05) is 48.5 Å². The predicted octanol–water partition coefficient (Wildman–Crippen LogP) is 4.20. The van der Waals surface area contributed by atoms with Crippen LogP contribution in [0.5, 0.6) is 5.75 Å². The van der Waals surface area contributed by atoms with Crippen molar-refractivity contribution in [1.29, 1.82) is 0 Å². The van der Waals surface area contributed by atoms with Gasteiger partial charge in [-0.3, -0.25) is 0 Å². The molecule has 0 aromatic heterocycles. The molecule has 0 spiro atoms. The molecule has 0 fully saturated rings. The van der Waals surface area contributed by atoms with E-state index >= 15 is 0 Å². The lowest BCUT2D eigenvalue weighted by Crippen LogP contribution is -2.41. The summed E-state index contributed by atoms with van der Waals surface area (Å²) in [4.78, 5) is 0. The fraction of sp³-hybridized carbons (Fsp3) is 0.300. The van der Waals surface area contributed by atoms with Crippen molar-refractivity contribution in [3.05, 3.63) is 71.8 Å². The number of methoxy groups -OCH3 is 1. The third-order valence-electron chi connectivity index (χ3n) is 4.39. The molecule has 0 radical (unpaired) electrons. The standard InChI is InChI=1S/C20H23NO/c1-22-19-11-9-16(10-12-19)14-20(21)13-5-8-18(15-20)17-6-3-2-4-7-17/h2-4,6-7,9-12,15H,5,8,13-14,21H2,1H3. The molecule has 0 aliphatic heterocycles. The van der Waals surface area contributed by atoms with Crippen molar-refractivity contribution in [2.75, 3.05) is 7.11 Å². The molecule has 1 unspecified atom stereocenters. The second kappa shape index (κ2) is 6.37. The van der Waals surface area contributed by atoms with Crippen molar-refractivity contribution in [3.8, 4) is 5.75 Å². The molecule has 1 atom stereocenters. The van der Waals surface area contributed by atoms with Crippen LogP contribution in [0.25, 0.3) is 5.57 Å². The molecule has 2 aromatic carbocycles. The van der Waals surface area contributed by atoms with Gasteiger partial charge in [-0.2, -0.15) is 0 Å². The number of ether oxygens (including phenoxy) is 1. The Labute approximate surface area is 132 Å². The van der Waals surface area contributed by atoms with Gasteiger partial charge in [0.15, 0.2) is 0 Å². The summed E-state index contributed by atoms with van der Waals surface area (Å²) < 4.78 is 5.22. The van der Waals surface area contributed by atoms with E-state index in [0.717, 1.165) is 31.4 Å². The molecule has 2 N–H and O–H groups in total. The summed E-state index contributed by atoms with van der Waals surface area (Å²) in [6, 6.07) is 18.8. The van der Waals surface area contributed by atoms with Crippen LogP contribution in [-0.2, 0) is 6.42 Å². The van der Waals surface area contributed by atoms with Crippen LogP contribution in [0.2, 0.25) is 0 Å². The van der Waals surface area contributed by atoms with Crippen molar-refractivity contribution in [3.63, 3.8) is 0 Å². The first-order valence-electron chi connectivity index (χ1n) is 7.87. The highest BCUT2D eigenvalue weighted by Gasteiger charge is 2.27. The summed E-state index contributed by atoms with van der Waals surface area (Å²) in [7, 11) is 1.69. The number of nitrogens with two attached hydrogens (primary N) is 1. The Bertz CT molecular complexity index is 645. The Balaban J connectivity index is 1.81. The van der Waals surface area contributed by atoms with E-state index in [2.05, 4.69) is 48.5 Å². The van der Waals surface area contributed by atoms with Crippen molar-refractivity contribution in [2.45, 2.75) is 31.2 Å². The second-order valence-corrected chi connectivity index (χ2v) is 6.15. The van der Waals surface area contributed by atoms with Crippen molar-refractivity contribution in [2.24, 2.45) is 5.73 Å². The Morgan fingerprint density at radius 2 is 1.77 bits per heavy atom. The molecular formula is C20H23NO. The molecule has 114 valence electrons. The second-order valence-electron chi connectivity index (χ2n) is 6.15. The van der Waals surface area contributed by atoms with Gasteiger partial charge in [-0.05, 0) is 54.5 Å². The highest BCUT2D eigenvalue weighted by atomic mass is 16.5. The Morgan fingerprint density at radius 3 is 2.45 bits per heavy atom. The van der Waals surface area contributed by atoms with Crippen LogP contribution in [0.4, 0.5) is 0 Å². The Kier molecular flexibility index (Phi) is 4.30. The largest absolute Gasteiger partial charge is 0.497 e. The number of allylic oxidation sites excluding steroid dienone is 1. The molecule has 0 saturated heterocycles. The zero-order chi connectivity index (χ0) is 15.4. The maximum atomic E-state index is 6.68. The van der Waals surface area contributed by atoms with Crippen molar-refractivity contribution >= 4 is 5.57 Å². The summed E-state index contributed by atoms with van der Waals surface area (Å²) in [6.07, 6.45) is 6.46. The first kappa shape index (κ1) is 14.9. The molecule has 0 amide bonds. The molecule has 22 heavy (non-hydrogen) atoms. The minimum atomic E-state index is -0.252. The van der Waals surface area contributed by atoms with Gasteiger partial charge in [-0.25, -0.2) is 0 Å². The van der Waals surface area contributed by atoms with E-state index in [9.17, 15) is 0 Å². The van der Waals surface area contributed by atoms with Crippen LogP contribution in [0.15, 0.2) is 60.7 Å². The average molecular weight is 293 g/mol. The smallest absolute Gasteiger partial charge is 0.118 e.